The van der Waals surface area contributed by atoms with E-state index in [-0.39, 0.29) is 11.7 Å². The molecule has 1 N–H and O–H groups in total. The normalized spacial score (nSPS) is 15.0. The summed E-state index contributed by atoms with van der Waals surface area (Å²) in [5.74, 6) is 2.27. The molecule has 33 heavy (non-hydrogen) atoms. The van der Waals surface area contributed by atoms with Crippen molar-refractivity contribution in [3.63, 3.8) is 0 Å². The standard InChI is InChI=1S/C24H27N5O2S2/c1-4-15-6-11-18-19(13-25)23(33-20(18)12-15)26-21(30)14-32-24-28-27-22(29(24)5-2)16-7-9-17(31-3)10-8-16/h7-10,15H,4-6,11-12,14H2,1-3H3,(H,26,30). The second kappa shape index (κ2) is 10.4. The van der Waals surface area contributed by atoms with Crippen LogP contribution in [0.5, 0.6) is 5.75 Å². The second-order valence-corrected chi connectivity index (χ2v) is 10.0. The molecule has 1 aliphatic rings. The van der Waals surface area contributed by atoms with Crippen LogP contribution in [0.4, 0.5) is 5.00 Å². The van der Waals surface area contributed by atoms with Crippen molar-refractivity contribution in [3.05, 3.63) is 40.3 Å². The van der Waals surface area contributed by atoms with Crippen molar-refractivity contribution in [2.75, 3.05) is 18.2 Å². The average Bonchev–Trinajstić information content (AvgIpc) is 3.42. The van der Waals surface area contributed by atoms with Crippen molar-refractivity contribution in [3.8, 4) is 23.2 Å². The van der Waals surface area contributed by atoms with Gasteiger partial charge in [-0.1, -0.05) is 25.1 Å². The molecular formula is C24H27N5O2S2. The number of anilines is 1. The Morgan fingerprint density at radius 1 is 1.33 bits per heavy atom. The van der Waals surface area contributed by atoms with E-state index in [1.54, 1.807) is 18.4 Å². The molecule has 7 nitrogen and oxygen atoms in total. The Morgan fingerprint density at radius 2 is 2.12 bits per heavy atom. The first-order valence-corrected chi connectivity index (χ1v) is 12.9. The quantitative estimate of drug-likeness (QED) is 0.447. The number of fused-ring (bicyclic) bond motifs is 1. The van der Waals surface area contributed by atoms with Gasteiger partial charge < -0.3 is 14.6 Å². The Hall–Kier alpha value is -2.83. The number of carbonyl (C=O) groups is 1. The fourth-order valence-corrected chi connectivity index (χ4v) is 6.27. The molecular weight excluding hydrogens is 454 g/mol. The summed E-state index contributed by atoms with van der Waals surface area (Å²) in [6.45, 7) is 4.93. The van der Waals surface area contributed by atoms with Gasteiger partial charge in [0.25, 0.3) is 0 Å². The van der Waals surface area contributed by atoms with Crippen LogP contribution in [0.15, 0.2) is 29.4 Å². The van der Waals surface area contributed by atoms with Crippen LogP contribution in [0, 0.1) is 17.2 Å². The third-order valence-corrected chi connectivity index (χ3v) is 8.16. The summed E-state index contributed by atoms with van der Waals surface area (Å²) in [4.78, 5) is 14.0. The number of hydrogen-bond acceptors (Lipinski definition) is 7. The molecule has 2 heterocycles. The largest absolute Gasteiger partial charge is 0.497 e. The highest BCUT2D eigenvalue weighted by atomic mass is 32.2. The van der Waals surface area contributed by atoms with Crippen LogP contribution < -0.4 is 10.1 Å². The van der Waals surface area contributed by atoms with Crippen molar-refractivity contribution in [1.82, 2.24) is 14.8 Å². The number of aromatic nitrogens is 3. The molecule has 0 bridgehead atoms. The van der Waals surface area contributed by atoms with E-state index in [1.807, 2.05) is 35.8 Å². The number of thiophene rings is 1. The van der Waals surface area contributed by atoms with Crippen LogP contribution in [0.1, 0.15) is 42.7 Å². The minimum atomic E-state index is -0.140. The lowest BCUT2D eigenvalue weighted by Crippen LogP contribution is -2.15. The number of hydrogen-bond donors (Lipinski definition) is 1. The van der Waals surface area contributed by atoms with Gasteiger partial charge >= 0.3 is 0 Å². The second-order valence-electron chi connectivity index (χ2n) is 7.95. The third kappa shape index (κ3) is 4.92. The van der Waals surface area contributed by atoms with E-state index in [0.717, 1.165) is 48.4 Å². The van der Waals surface area contributed by atoms with Crippen LogP contribution in [-0.4, -0.2) is 33.5 Å². The van der Waals surface area contributed by atoms with Crippen molar-refractivity contribution in [2.24, 2.45) is 5.92 Å². The van der Waals surface area contributed by atoms with Gasteiger partial charge in [-0.3, -0.25) is 4.79 Å². The van der Waals surface area contributed by atoms with Gasteiger partial charge in [-0.25, -0.2) is 0 Å². The zero-order chi connectivity index (χ0) is 23.4. The first-order valence-electron chi connectivity index (χ1n) is 11.1. The van der Waals surface area contributed by atoms with Crippen molar-refractivity contribution in [2.45, 2.75) is 51.2 Å². The molecule has 4 rings (SSSR count). The Balaban J connectivity index is 1.44. The predicted molar refractivity (Wildman–Crippen MR) is 132 cm³/mol. The molecule has 0 saturated heterocycles. The smallest absolute Gasteiger partial charge is 0.235 e. The Kier molecular flexibility index (Phi) is 7.36. The Labute approximate surface area is 202 Å². The van der Waals surface area contributed by atoms with Gasteiger partial charge in [-0.2, -0.15) is 5.26 Å². The van der Waals surface area contributed by atoms with E-state index >= 15 is 0 Å². The lowest BCUT2D eigenvalue weighted by Gasteiger charge is -2.20. The van der Waals surface area contributed by atoms with Crippen LogP contribution in [-0.2, 0) is 24.2 Å². The molecule has 1 unspecified atom stereocenters. The minimum absolute atomic E-state index is 0.140. The van der Waals surface area contributed by atoms with Gasteiger partial charge in [0.1, 0.15) is 16.8 Å². The molecule has 0 spiro atoms. The predicted octanol–water partition coefficient (Wildman–Crippen LogP) is 5.15. The van der Waals surface area contributed by atoms with E-state index in [2.05, 4.69) is 28.5 Å². The van der Waals surface area contributed by atoms with Crippen LogP contribution in [0.3, 0.4) is 0 Å². The number of nitrogens with zero attached hydrogens (tertiary/aromatic N) is 4. The zero-order valence-electron chi connectivity index (χ0n) is 19.1. The van der Waals surface area contributed by atoms with E-state index in [0.29, 0.717) is 28.2 Å². The zero-order valence-corrected chi connectivity index (χ0v) is 20.7. The van der Waals surface area contributed by atoms with Crippen LogP contribution >= 0.6 is 23.1 Å². The van der Waals surface area contributed by atoms with Gasteiger partial charge in [0.2, 0.25) is 5.91 Å². The number of benzene rings is 1. The van der Waals surface area contributed by atoms with Crippen LogP contribution in [0.2, 0.25) is 0 Å². The molecule has 3 aromatic rings. The summed E-state index contributed by atoms with van der Waals surface area (Å²) in [7, 11) is 1.64. The number of thioether (sulfide) groups is 1. The fourth-order valence-electron chi connectivity index (χ4n) is 4.14. The SMILES string of the molecule is CCC1CCc2c(sc(NC(=O)CSc3nnc(-c4ccc(OC)cc4)n3CC)c2C#N)C1. The highest BCUT2D eigenvalue weighted by molar-refractivity contribution is 7.99. The molecule has 1 aromatic carbocycles. The van der Waals surface area contributed by atoms with E-state index < -0.39 is 0 Å². The van der Waals surface area contributed by atoms with Gasteiger partial charge in [0.05, 0.1) is 18.4 Å². The Bertz CT molecular complexity index is 1180. The molecule has 1 aliphatic carbocycles. The molecule has 2 aromatic heterocycles. The fraction of sp³-hybridized carbons (Fsp3) is 0.417. The van der Waals surface area contributed by atoms with Gasteiger partial charge in [-0.05, 0) is 61.9 Å². The summed E-state index contributed by atoms with van der Waals surface area (Å²) in [6.07, 6.45) is 4.19. The number of nitrogens with one attached hydrogen (secondary N) is 1. The number of rotatable bonds is 8. The Morgan fingerprint density at radius 3 is 2.79 bits per heavy atom. The third-order valence-electron chi connectivity index (χ3n) is 6.02. The maximum atomic E-state index is 12.7. The molecule has 1 amide bonds. The number of amides is 1. The van der Waals surface area contributed by atoms with Gasteiger partial charge in [-0.15, -0.1) is 21.5 Å². The molecule has 0 radical (unpaired) electrons. The molecule has 0 saturated carbocycles. The highest BCUT2D eigenvalue weighted by Crippen LogP contribution is 2.40. The van der Waals surface area contributed by atoms with E-state index in [9.17, 15) is 10.1 Å². The first kappa shape index (κ1) is 23.3. The number of ether oxygens (including phenoxy) is 1. The summed E-state index contributed by atoms with van der Waals surface area (Å²) < 4.78 is 7.22. The monoisotopic (exact) mass is 481 g/mol. The van der Waals surface area contributed by atoms with Gasteiger partial charge in [0, 0.05) is 17.0 Å². The minimum Gasteiger partial charge on any atom is -0.497 e. The lowest BCUT2D eigenvalue weighted by molar-refractivity contribution is -0.113. The number of methoxy groups -OCH3 is 1. The van der Waals surface area contributed by atoms with E-state index in [1.165, 1.54) is 16.6 Å². The van der Waals surface area contributed by atoms with Crippen molar-refractivity contribution in [1.29, 1.82) is 5.26 Å². The molecule has 9 heteroatoms. The number of nitriles is 1. The molecule has 0 aliphatic heterocycles. The summed E-state index contributed by atoms with van der Waals surface area (Å²) in [5, 5.41) is 22.7. The maximum Gasteiger partial charge on any atom is 0.235 e. The first-order chi connectivity index (χ1) is 16.1. The van der Waals surface area contributed by atoms with Crippen molar-refractivity contribution < 1.29 is 9.53 Å². The number of carbonyl (C=O) groups excluding carboxylic acids is 1. The topological polar surface area (TPSA) is 92.8 Å². The van der Waals surface area contributed by atoms with Gasteiger partial charge in [0.15, 0.2) is 11.0 Å². The van der Waals surface area contributed by atoms with E-state index in [4.69, 9.17) is 4.74 Å². The highest BCUT2D eigenvalue weighted by Gasteiger charge is 2.26. The van der Waals surface area contributed by atoms with Crippen molar-refractivity contribution >= 4 is 34.0 Å². The molecule has 1 atom stereocenters. The maximum absolute atomic E-state index is 12.7. The lowest BCUT2D eigenvalue weighted by atomic mass is 9.86. The molecule has 172 valence electrons. The van der Waals surface area contributed by atoms with Crippen LogP contribution in [0.25, 0.3) is 11.4 Å². The average molecular weight is 482 g/mol. The summed E-state index contributed by atoms with van der Waals surface area (Å²) in [6, 6.07) is 9.99. The summed E-state index contributed by atoms with van der Waals surface area (Å²) in [5.41, 5.74) is 2.71. The molecule has 0 fully saturated rings. The summed E-state index contributed by atoms with van der Waals surface area (Å²) >= 11 is 2.91.